The average molecular weight is 524 g/mol. The summed E-state index contributed by atoms with van der Waals surface area (Å²) >= 11 is 4.60. The quantitative estimate of drug-likeness (QED) is 0.385. The van der Waals surface area contributed by atoms with Crippen LogP contribution >= 0.6 is 27.3 Å². The zero-order valence-corrected chi connectivity index (χ0v) is 19.6. The van der Waals surface area contributed by atoms with Crippen molar-refractivity contribution in [3.8, 4) is 10.6 Å². The Labute approximate surface area is 195 Å². The molecule has 32 heavy (non-hydrogen) atoms. The van der Waals surface area contributed by atoms with Crippen LogP contribution in [0.5, 0.6) is 0 Å². The molecule has 3 amide bonds. The Morgan fingerprint density at radius 2 is 1.91 bits per heavy atom. The molecule has 2 unspecified atom stereocenters. The molecular formula is C21H20BrF2N5O2S. The second-order valence-corrected chi connectivity index (χ2v) is 8.89. The molecule has 7 nitrogen and oxygen atoms in total. The highest BCUT2D eigenvalue weighted by Gasteiger charge is 2.27. The summed E-state index contributed by atoms with van der Waals surface area (Å²) in [5.74, 6) is -2.38. The number of amides is 3. The number of benzene rings is 2. The van der Waals surface area contributed by atoms with Crippen molar-refractivity contribution in [3.63, 3.8) is 0 Å². The molecule has 3 aromatic rings. The summed E-state index contributed by atoms with van der Waals surface area (Å²) in [7, 11) is 0. The van der Waals surface area contributed by atoms with Crippen LogP contribution in [0.15, 0.2) is 46.9 Å². The summed E-state index contributed by atoms with van der Waals surface area (Å²) < 4.78 is 27.8. The smallest absolute Gasteiger partial charge is 0.319 e. The van der Waals surface area contributed by atoms with Crippen LogP contribution in [-0.2, 0) is 4.79 Å². The molecule has 0 aliphatic carbocycles. The van der Waals surface area contributed by atoms with E-state index < -0.39 is 29.6 Å². The van der Waals surface area contributed by atoms with Crippen LogP contribution < -0.4 is 16.0 Å². The summed E-state index contributed by atoms with van der Waals surface area (Å²) in [5.41, 5.74) is 0.643. The number of hydrogen-bond acceptors (Lipinski definition) is 5. The number of halogens is 3. The second-order valence-electron chi connectivity index (χ2n) is 7.00. The fraction of sp³-hybridized carbons (Fsp3) is 0.238. The van der Waals surface area contributed by atoms with E-state index in [0.717, 1.165) is 22.2 Å². The van der Waals surface area contributed by atoms with Gasteiger partial charge in [-0.1, -0.05) is 59.7 Å². The molecule has 1 aromatic heterocycles. The number of carbonyl (C=O) groups excluding carboxylic acids is 2. The van der Waals surface area contributed by atoms with Crippen LogP contribution in [-0.4, -0.2) is 28.2 Å². The molecule has 2 atom stereocenters. The van der Waals surface area contributed by atoms with Crippen molar-refractivity contribution in [3.05, 3.63) is 58.6 Å². The molecule has 0 aliphatic heterocycles. The molecule has 0 spiro atoms. The van der Waals surface area contributed by atoms with E-state index >= 15 is 0 Å². The summed E-state index contributed by atoms with van der Waals surface area (Å²) in [6, 6.07) is 8.59. The van der Waals surface area contributed by atoms with Crippen LogP contribution in [0.25, 0.3) is 10.6 Å². The van der Waals surface area contributed by atoms with Gasteiger partial charge in [-0.05, 0) is 30.2 Å². The number of hydrogen-bond donors (Lipinski definition) is 3. The maximum atomic E-state index is 13.8. The zero-order valence-electron chi connectivity index (χ0n) is 17.2. The summed E-state index contributed by atoms with van der Waals surface area (Å²) in [6.07, 6.45) is 0.600. The molecular weight excluding hydrogens is 504 g/mol. The third-order valence-electron chi connectivity index (χ3n) is 4.69. The van der Waals surface area contributed by atoms with Crippen molar-refractivity contribution in [2.75, 3.05) is 10.6 Å². The molecule has 0 saturated heterocycles. The maximum Gasteiger partial charge on any atom is 0.319 e. The van der Waals surface area contributed by atoms with Crippen LogP contribution in [0, 0.1) is 17.6 Å². The highest BCUT2D eigenvalue weighted by molar-refractivity contribution is 9.10. The normalized spacial score (nSPS) is 12.7. The highest BCUT2D eigenvalue weighted by Crippen LogP contribution is 2.28. The monoisotopic (exact) mass is 523 g/mol. The third-order valence-corrected chi connectivity index (χ3v) is 6.07. The standard InChI is InChI=1S/C21H20BrF2N5O2S/c1-3-11(2)17(26-20(31)25-16-8-7-14(23)10-15(16)24)18(30)27-21-29-28-19(32-21)12-5-4-6-13(22)9-12/h4-11,17H,3H2,1-2H3,(H2,25,26,31)(H,27,29,30). The van der Waals surface area contributed by atoms with E-state index in [1.54, 1.807) is 6.92 Å². The Bertz CT molecular complexity index is 1130. The van der Waals surface area contributed by atoms with Gasteiger partial charge in [0.1, 0.15) is 22.7 Å². The van der Waals surface area contributed by atoms with Gasteiger partial charge in [0.25, 0.3) is 0 Å². The highest BCUT2D eigenvalue weighted by atomic mass is 79.9. The van der Waals surface area contributed by atoms with E-state index in [-0.39, 0.29) is 16.7 Å². The van der Waals surface area contributed by atoms with Gasteiger partial charge in [0.15, 0.2) is 0 Å². The number of urea groups is 1. The van der Waals surface area contributed by atoms with Gasteiger partial charge < -0.3 is 10.6 Å². The van der Waals surface area contributed by atoms with E-state index in [2.05, 4.69) is 42.1 Å². The van der Waals surface area contributed by atoms with Crippen LogP contribution in [0.1, 0.15) is 20.3 Å². The van der Waals surface area contributed by atoms with Gasteiger partial charge in [0.2, 0.25) is 11.0 Å². The fourth-order valence-corrected chi connectivity index (χ4v) is 3.93. The minimum atomic E-state index is -0.918. The summed E-state index contributed by atoms with van der Waals surface area (Å²) in [6.45, 7) is 3.68. The maximum absolute atomic E-state index is 13.8. The van der Waals surface area contributed by atoms with E-state index in [9.17, 15) is 18.4 Å². The second kappa shape index (κ2) is 10.6. The lowest BCUT2D eigenvalue weighted by atomic mass is 9.98. The lowest BCUT2D eigenvalue weighted by Crippen LogP contribution is -2.49. The van der Waals surface area contributed by atoms with Crippen molar-refractivity contribution in [1.82, 2.24) is 15.5 Å². The lowest BCUT2D eigenvalue weighted by molar-refractivity contribution is -0.119. The third kappa shape index (κ3) is 6.07. The molecule has 0 radical (unpaired) electrons. The van der Waals surface area contributed by atoms with Gasteiger partial charge in [0.05, 0.1) is 5.69 Å². The van der Waals surface area contributed by atoms with Gasteiger partial charge in [0, 0.05) is 16.1 Å². The minimum absolute atomic E-state index is 0.199. The van der Waals surface area contributed by atoms with Crippen LogP contribution in [0.3, 0.4) is 0 Å². The van der Waals surface area contributed by atoms with Crippen LogP contribution in [0.4, 0.5) is 24.4 Å². The molecule has 168 valence electrons. The molecule has 1 heterocycles. The molecule has 0 saturated carbocycles. The zero-order chi connectivity index (χ0) is 23.3. The van der Waals surface area contributed by atoms with Gasteiger partial charge in [-0.2, -0.15) is 0 Å². The predicted octanol–water partition coefficient (Wildman–Crippen LogP) is 5.42. The number of rotatable bonds is 7. The summed E-state index contributed by atoms with van der Waals surface area (Å²) in [4.78, 5) is 25.2. The predicted molar refractivity (Wildman–Crippen MR) is 123 cm³/mol. The Morgan fingerprint density at radius 3 is 2.59 bits per heavy atom. The van der Waals surface area contributed by atoms with E-state index in [1.165, 1.54) is 11.3 Å². The molecule has 0 aliphatic rings. The molecule has 0 bridgehead atoms. The largest absolute Gasteiger partial charge is 0.326 e. The lowest BCUT2D eigenvalue weighted by Gasteiger charge is -2.23. The summed E-state index contributed by atoms with van der Waals surface area (Å²) in [5, 5.41) is 16.5. The van der Waals surface area contributed by atoms with E-state index in [4.69, 9.17) is 0 Å². The van der Waals surface area contributed by atoms with Crippen LogP contribution in [0.2, 0.25) is 0 Å². The number of nitrogens with zero attached hydrogens (tertiary/aromatic N) is 2. The average Bonchev–Trinajstić information content (AvgIpc) is 3.22. The molecule has 0 fully saturated rings. The topological polar surface area (TPSA) is 96.0 Å². The first kappa shape index (κ1) is 23.7. The minimum Gasteiger partial charge on any atom is -0.326 e. The Kier molecular flexibility index (Phi) is 7.86. The van der Waals surface area contributed by atoms with Crippen molar-refractivity contribution < 1.29 is 18.4 Å². The van der Waals surface area contributed by atoms with Gasteiger partial charge in [-0.3, -0.25) is 10.1 Å². The van der Waals surface area contributed by atoms with E-state index in [0.29, 0.717) is 17.5 Å². The van der Waals surface area contributed by atoms with Gasteiger partial charge in [-0.15, -0.1) is 10.2 Å². The Balaban J connectivity index is 1.69. The SMILES string of the molecule is CCC(C)C(NC(=O)Nc1ccc(F)cc1F)C(=O)Nc1nnc(-c2cccc(Br)c2)s1. The molecule has 2 aromatic carbocycles. The number of aromatic nitrogens is 2. The first-order chi connectivity index (χ1) is 15.3. The number of anilines is 2. The van der Waals surface area contributed by atoms with Crippen molar-refractivity contribution in [2.45, 2.75) is 26.3 Å². The molecule has 3 N–H and O–H groups in total. The molecule has 3 rings (SSSR count). The van der Waals surface area contributed by atoms with E-state index in [1.807, 2.05) is 31.2 Å². The number of nitrogens with one attached hydrogen (secondary N) is 3. The first-order valence-electron chi connectivity index (χ1n) is 9.69. The van der Waals surface area contributed by atoms with Crippen molar-refractivity contribution >= 4 is 50.0 Å². The van der Waals surface area contributed by atoms with Gasteiger partial charge >= 0.3 is 6.03 Å². The number of carbonyl (C=O) groups is 2. The fourth-order valence-electron chi connectivity index (χ4n) is 2.79. The van der Waals surface area contributed by atoms with Crippen molar-refractivity contribution in [1.29, 1.82) is 0 Å². The Morgan fingerprint density at radius 1 is 1.12 bits per heavy atom. The van der Waals surface area contributed by atoms with Crippen molar-refractivity contribution in [2.24, 2.45) is 5.92 Å². The molecule has 11 heteroatoms. The van der Waals surface area contributed by atoms with Gasteiger partial charge in [-0.25, -0.2) is 13.6 Å². The first-order valence-corrected chi connectivity index (χ1v) is 11.3. The Hall–Kier alpha value is -2.92.